The maximum absolute atomic E-state index is 8.86. The van der Waals surface area contributed by atoms with Crippen LogP contribution in [0.4, 0.5) is 0 Å². The molecule has 0 bridgehead atoms. The third-order valence-electron chi connectivity index (χ3n) is 2.52. The summed E-state index contributed by atoms with van der Waals surface area (Å²) in [6.45, 7) is -0.0492. The highest BCUT2D eigenvalue weighted by Gasteiger charge is 2.16. The fraction of sp³-hybridized carbons (Fsp3) is 0.667. The number of aliphatic hydroxyl groups is 1. The molecule has 4 heteroatoms. The SMILES string of the molecule is N[C@H](CO)c1nc2c([nH]1)CCCC2. The van der Waals surface area contributed by atoms with Crippen LogP contribution in [-0.2, 0) is 12.8 Å². The van der Waals surface area contributed by atoms with Crippen molar-refractivity contribution >= 4 is 0 Å². The van der Waals surface area contributed by atoms with Crippen LogP contribution in [0.25, 0.3) is 0 Å². The number of aromatic nitrogens is 2. The fourth-order valence-electron chi connectivity index (χ4n) is 1.74. The zero-order valence-electron chi connectivity index (χ0n) is 7.58. The van der Waals surface area contributed by atoms with Crippen LogP contribution >= 0.6 is 0 Å². The van der Waals surface area contributed by atoms with Crippen molar-refractivity contribution in [2.75, 3.05) is 6.61 Å². The molecule has 0 saturated heterocycles. The van der Waals surface area contributed by atoms with Gasteiger partial charge in [0.2, 0.25) is 0 Å². The highest BCUT2D eigenvalue weighted by Crippen LogP contribution is 2.20. The number of aryl methyl sites for hydroxylation is 2. The summed E-state index contributed by atoms with van der Waals surface area (Å²) in [5.74, 6) is 0.731. The van der Waals surface area contributed by atoms with E-state index in [4.69, 9.17) is 10.8 Å². The standard InChI is InChI=1S/C9H15N3O/c10-6(5-13)9-11-7-3-1-2-4-8(7)12-9/h6,13H,1-5,10H2,(H,11,12)/t6-/m1/s1. The third-order valence-corrected chi connectivity index (χ3v) is 2.52. The van der Waals surface area contributed by atoms with Gasteiger partial charge in [0.15, 0.2) is 0 Å². The molecule has 0 saturated carbocycles. The van der Waals surface area contributed by atoms with Gasteiger partial charge in [0, 0.05) is 5.69 Å². The molecular weight excluding hydrogens is 166 g/mol. The number of rotatable bonds is 2. The maximum atomic E-state index is 8.86. The Morgan fingerprint density at radius 2 is 2.23 bits per heavy atom. The third kappa shape index (κ3) is 1.59. The van der Waals surface area contributed by atoms with Gasteiger partial charge in [-0.2, -0.15) is 0 Å². The first-order chi connectivity index (χ1) is 6.31. The number of aliphatic hydroxyl groups excluding tert-OH is 1. The first-order valence-corrected chi connectivity index (χ1v) is 4.75. The van der Waals surface area contributed by atoms with E-state index in [1.807, 2.05) is 0 Å². The Labute approximate surface area is 77.2 Å². The molecule has 0 aliphatic heterocycles. The lowest BCUT2D eigenvalue weighted by Crippen LogP contribution is -2.16. The monoisotopic (exact) mass is 181 g/mol. The number of imidazole rings is 1. The lowest BCUT2D eigenvalue weighted by molar-refractivity contribution is 0.264. The van der Waals surface area contributed by atoms with Gasteiger partial charge in [0.05, 0.1) is 18.3 Å². The number of aromatic amines is 1. The molecule has 0 fully saturated rings. The number of hydrogen-bond donors (Lipinski definition) is 3. The topological polar surface area (TPSA) is 74.9 Å². The lowest BCUT2D eigenvalue weighted by atomic mass is 10.0. The second-order valence-corrected chi connectivity index (χ2v) is 3.54. The van der Waals surface area contributed by atoms with E-state index in [2.05, 4.69) is 9.97 Å². The van der Waals surface area contributed by atoms with Crippen LogP contribution in [0.15, 0.2) is 0 Å². The van der Waals surface area contributed by atoms with Crippen molar-refractivity contribution in [1.82, 2.24) is 9.97 Å². The van der Waals surface area contributed by atoms with Gasteiger partial charge < -0.3 is 15.8 Å². The molecule has 0 aromatic carbocycles. The van der Waals surface area contributed by atoms with Gasteiger partial charge in [-0.05, 0) is 25.7 Å². The van der Waals surface area contributed by atoms with Gasteiger partial charge in [-0.25, -0.2) is 4.98 Å². The second-order valence-electron chi connectivity index (χ2n) is 3.54. The average molecular weight is 181 g/mol. The molecule has 4 N–H and O–H groups in total. The number of hydrogen-bond acceptors (Lipinski definition) is 3. The van der Waals surface area contributed by atoms with Crippen LogP contribution in [-0.4, -0.2) is 21.7 Å². The number of fused-ring (bicyclic) bond motifs is 1. The van der Waals surface area contributed by atoms with Gasteiger partial charge >= 0.3 is 0 Å². The predicted octanol–water partition coefficient (Wildman–Crippen LogP) is 0.281. The molecule has 0 amide bonds. The molecule has 0 radical (unpaired) electrons. The zero-order valence-corrected chi connectivity index (χ0v) is 7.58. The van der Waals surface area contributed by atoms with Gasteiger partial charge in [0.1, 0.15) is 5.82 Å². The lowest BCUT2D eigenvalue weighted by Gasteiger charge is -2.07. The Hall–Kier alpha value is -0.870. The highest BCUT2D eigenvalue weighted by atomic mass is 16.3. The quantitative estimate of drug-likeness (QED) is 0.613. The second kappa shape index (κ2) is 3.47. The molecule has 1 aliphatic rings. The molecule has 1 heterocycles. The molecule has 2 rings (SSSR count). The van der Waals surface area contributed by atoms with Crippen LogP contribution in [0, 0.1) is 0 Å². The van der Waals surface area contributed by atoms with Crippen LogP contribution in [0.5, 0.6) is 0 Å². The summed E-state index contributed by atoms with van der Waals surface area (Å²) in [6, 6.07) is -0.356. The van der Waals surface area contributed by atoms with Crippen molar-refractivity contribution in [3.8, 4) is 0 Å². The molecule has 1 atom stereocenters. The normalized spacial score (nSPS) is 18.3. The molecule has 1 aromatic heterocycles. The van der Waals surface area contributed by atoms with E-state index in [-0.39, 0.29) is 12.6 Å². The number of H-pyrrole nitrogens is 1. The predicted molar refractivity (Wildman–Crippen MR) is 49.2 cm³/mol. The van der Waals surface area contributed by atoms with Gasteiger partial charge in [-0.3, -0.25) is 0 Å². The molecule has 72 valence electrons. The van der Waals surface area contributed by atoms with E-state index >= 15 is 0 Å². The Balaban J connectivity index is 2.25. The number of nitrogens with zero attached hydrogens (tertiary/aromatic N) is 1. The largest absolute Gasteiger partial charge is 0.394 e. The maximum Gasteiger partial charge on any atom is 0.125 e. The molecule has 0 spiro atoms. The average Bonchev–Trinajstić information content (AvgIpc) is 2.59. The van der Waals surface area contributed by atoms with Crippen molar-refractivity contribution in [2.45, 2.75) is 31.7 Å². The fourth-order valence-corrected chi connectivity index (χ4v) is 1.74. The minimum atomic E-state index is -0.356. The molecule has 1 aliphatic carbocycles. The summed E-state index contributed by atoms with van der Waals surface area (Å²) in [5, 5.41) is 8.86. The minimum Gasteiger partial charge on any atom is -0.394 e. The van der Waals surface area contributed by atoms with E-state index in [9.17, 15) is 0 Å². The van der Waals surface area contributed by atoms with Crippen molar-refractivity contribution in [2.24, 2.45) is 5.73 Å². The van der Waals surface area contributed by atoms with Crippen molar-refractivity contribution in [3.63, 3.8) is 0 Å². The summed E-state index contributed by atoms with van der Waals surface area (Å²) in [6.07, 6.45) is 4.55. The van der Waals surface area contributed by atoms with Crippen LogP contribution in [0.3, 0.4) is 0 Å². The van der Waals surface area contributed by atoms with Crippen LogP contribution in [0.2, 0.25) is 0 Å². The van der Waals surface area contributed by atoms with Crippen molar-refractivity contribution < 1.29 is 5.11 Å². The van der Waals surface area contributed by atoms with Gasteiger partial charge in [0.25, 0.3) is 0 Å². The molecule has 13 heavy (non-hydrogen) atoms. The van der Waals surface area contributed by atoms with Crippen LogP contribution in [0.1, 0.15) is 36.1 Å². The molecule has 4 nitrogen and oxygen atoms in total. The zero-order chi connectivity index (χ0) is 9.26. The summed E-state index contributed by atoms with van der Waals surface area (Å²) in [5.41, 5.74) is 8.02. The highest BCUT2D eigenvalue weighted by molar-refractivity contribution is 5.18. The van der Waals surface area contributed by atoms with E-state index in [0.29, 0.717) is 0 Å². The first kappa shape index (κ1) is 8.72. The van der Waals surface area contributed by atoms with E-state index in [1.165, 1.54) is 18.5 Å². The molecule has 1 aromatic rings. The summed E-state index contributed by atoms with van der Waals surface area (Å²) < 4.78 is 0. The Morgan fingerprint density at radius 1 is 1.46 bits per heavy atom. The van der Waals surface area contributed by atoms with Crippen molar-refractivity contribution in [3.05, 3.63) is 17.2 Å². The summed E-state index contributed by atoms with van der Waals surface area (Å²) in [7, 11) is 0. The van der Waals surface area contributed by atoms with E-state index in [1.54, 1.807) is 0 Å². The summed E-state index contributed by atoms with van der Waals surface area (Å²) >= 11 is 0. The molecule has 0 unspecified atom stereocenters. The van der Waals surface area contributed by atoms with E-state index < -0.39 is 0 Å². The van der Waals surface area contributed by atoms with E-state index in [0.717, 1.165) is 24.4 Å². The summed E-state index contributed by atoms with van der Waals surface area (Å²) in [4.78, 5) is 7.57. The minimum absolute atomic E-state index is 0.0492. The number of nitrogens with one attached hydrogen (secondary N) is 1. The Kier molecular flexibility index (Phi) is 2.33. The molecular formula is C9H15N3O. The van der Waals surface area contributed by atoms with Crippen molar-refractivity contribution in [1.29, 1.82) is 0 Å². The first-order valence-electron chi connectivity index (χ1n) is 4.75. The van der Waals surface area contributed by atoms with Crippen LogP contribution < -0.4 is 5.73 Å². The smallest absolute Gasteiger partial charge is 0.125 e. The Morgan fingerprint density at radius 3 is 2.92 bits per heavy atom. The van der Waals surface area contributed by atoms with Gasteiger partial charge in [-0.1, -0.05) is 0 Å². The Bertz CT molecular complexity index is 272. The number of nitrogens with two attached hydrogens (primary N) is 1. The van der Waals surface area contributed by atoms with Gasteiger partial charge in [-0.15, -0.1) is 0 Å².